The molecule has 0 saturated carbocycles. The Balaban J connectivity index is 2.12. The minimum absolute atomic E-state index is 0.00779. The summed E-state index contributed by atoms with van der Waals surface area (Å²) < 4.78 is 37.2. The summed E-state index contributed by atoms with van der Waals surface area (Å²) in [6.07, 6.45) is 0. The molecule has 0 heterocycles. The van der Waals surface area contributed by atoms with Crippen molar-refractivity contribution in [3.05, 3.63) is 59.2 Å². The van der Waals surface area contributed by atoms with Crippen molar-refractivity contribution in [1.82, 2.24) is 5.32 Å². The second-order valence-electron chi connectivity index (χ2n) is 4.54. The van der Waals surface area contributed by atoms with Crippen molar-refractivity contribution in [2.24, 2.45) is 0 Å². The van der Waals surface area contributed by atoms with Crippen LogP contribution in [0.15, 0.2) is 36.4 Å². The number of nitrogens with one attached hydrogen (secondary N) is 1. The fourth-order valence-corrected chi connectivity index (χ4v) is 1.94. The lowest BCUT2D eigenvalue weighted by molar-refractivity contribution is 0.279. The van der Waals surface area contributed by atoms with E-state index in [0.717, 1.165) is 11.6 Å². The molecule has 2 aromatic carbocycles. The summed E-state index contributed by atoms with van der Waals surface area (Å²) in [5.41, 5.74) is 1.34. The first-order valence-corrected chi connectivity index (χ1v) is 6.52. The van der Waals surface area contributed by atoms with Crippen LogP contribution in [0.4, 0.5) is 8.78 Å². The summed E-state index contributed by atoms with van der Waals surface area (Å²) in [5, 5.41) is 3.04. The molecule has 0 atom stereocenters. The van der Waals surface area contributed by atoms with Gasteiger partial charge in [0.25, 0.3) is 0 Å². The van der Waals surface area contributed by atoms with Crippen molar-refractivity contribution in [2.75, 3.05) is 14.2 Å². The maximum absolute atomic E-state index is 13.5. The average molecular weight is 293 g/mol. The summed E-state index contributed by atoms with van der Waals surface area (Å²) in [6, 6.07) is 8.93. The van der Waals surface area contributed by atoms with E-state index >= 15 is 0 Å². The maximum atomic E-state index is 13.5. The highest BCUT2D eigenvalue weighted by atomic mass is 19.1. The Labute approximate surface area is 122 Å². The van der Waals surface area contributed by atoms with E-state index in [9.17, 15) is 8.78 Å². The topological polar surface area (TPSA) is 30.5 Å². The molecule has 0 saturated heterocycles. The minimum atomic E-state index is -0.624. The van der Waals surface area contributed by atoms with Crippen LogP contribution in [0.1, 0.15) is 11.1 Å². The van der Waals surface area contributed by atoms with Crippen LogP contribution < -0.4 is 14.8 Å². The molecular weight excluding hydrogens is 276 g/mol. The van der Waals surface area contributed by atoms with Crippen molar-refractivity contribution < 1.29 is 18.3 Å². The zero-order chi connectivity index (χ0) is 15.2. The van der Waals surface area contributed by atoms with Gasteiger partial charge in [-0.15, -0.1) is 0 Å². The van der Waals surface area contributed by atoms with Crippen LogP contribution in [0.25, 0.3) is 0 Å². The average Bonchev–Trinajstić information content (AvgIpc) is 2.47. The number of hydrogen-bond acceptors (Lipinski definition) is 3. The van der Waals surface area contributed by atoms with E-state index in [2.05, 4.69) is 5.32 Å². The summed E-state index contributed by atoms with van der Waals surface area (Å²) in [5.74, 6) is -0.141. The van der Waals surface area contributed by atoms with Gasteiger partial charge in [0.05, 0.1) is 7.11 Å². The van der Waals surface area contributed by atoms with E-state index in [-0.39, 0.29) is 12.2 Å². The first kappa shape index (κ1) is 15.3. The van der Waals surface area contributed by atoms with Crippen molar-refractivity contribution >= 4 is 0 Å². The zero-order valence-corrected chi connectivity index (χ0v) is 12.0. The smallest absolute Gasteiger partial charge is 0.161 e. The first-order chi connectivity index (χ1) is 10.1. The third kappa shape index (κ3) is 3.92. The van der Waals surface area contributed by atoms with Gasteiger partial charge in [-0.05, 0) is 36.9 Å². The van der Waals surface area contributed by atoms with Gasteiger partial charge in [0.1, 0.15) is 18.2 Å². The van der Waals surface area contributed by atoms with Gasteiger partial charge in [0.15, 0.2) is 11.5 Å². The van der Waals surface area contributed by atoms with Gasteiger partial charge >= 0.3 is 0 Å². The highest BCUT2D eigenvalue weighted by Gasteiger charge is 2.08. The van der Waals surface area contributed by atoms with Gasteiger partial charge in [-0.3, -0.25) is 0 Å². The predicted octanol–water partition coefficient (Wildman–Crippen LogP) is 3.27. The van der Waals surface area contributed by atoms with Crippen molar-refractivity contribution in [2.45, 2.75) is 13.2 Å². The lowest BCUT2D eigenvalue weighted by Crippen LogP contribution is -2.06. The molecule has 0 fully saturated rings. The monoisotopic (exact) mass is 293 g/mol. The van der Waals surface area contributed by atoms with Gasteiger partial charge in [0, 0.05) is 18.2 Å². The Hall–Kier alpha value is -2.14. The van der Waals surface area contributed by atoms with Gasteiger partial charge < -0.3 is 14.8 Å². The van der Waals surface area contributed by atoms with Crippen LogP contribution in [-0.4, -0.2) is 14.2 Å². The summed E-state index contributed by atoms with van der Waals surface area (Å²) in [6.45, 7) is 0.719. The van der Waals surface area contributed by atoms with E-state index in [0.29, 0.717) is 18.0 Å². The molecule has 3 nitrogen and oxygen atoms in total. The predicted molar refractivity (Wildman–Crippen MR) is 76.4 cm³/mol. The number of halogens is 2. The Morgan fingerprint density at radius 3 is 2.52 bits per heavy atom. The van der Waals surface area contributed by atoms with E-state index in [1.807, 2.05) is 19.2 Å². The van der Waals surface area contributed by atoms with Gasteiger partial charge in [-0.1, -0.05) is 6.07 Å². The van der Waals surface area contributed by atoms with Crippen molar-refractivity contribution in [3.8, 4) is 11.5 Å². The Bertz CT molecular complexity index is 617. The molecule has 0 unspecified atom stereocenters. The van der Waals surface area contributed by atoms with E-state index in [1.54, 1.807) is 13.2 Å². The Morgan fingerprint density at radius 1 is 1.05 bits per heavy atom. The van der Waals surface area contributed by atoms with Crippen LogP contribution in [0.3, 0.4) is 0 Å². The fraction of sp³-hybridized carbons (Fsp3) is 0.250. The molecule has 0 spiro atoms. The fourth-order valence-electron chi connectivity index (χ4n) is 1.94. The molecular formula is C16H17F2NO2. The number of hydrogen-bond donors (Lipinski definition) is 1. The third-order valence-electron chi connectivity index (χ3n) is 3.01. The summed E-state index contributed by atoms with van der Waals surface area (Å²) in [4.78, 5) is 0. The molecule has 0 radical (unpaired) electrons. The molecule has 0 bridgehead atoms. The summed E-state index contributed by atoms with van der Waals surface area (Å²) in [7, 11) is 3.40. The quantitative estimate of drug-likeness (QED) is 0.886. The second kappa shape index (κ2) is 7.04. The van der Waals surface area contributed by atoms with Crippen LogP contribution in [0.2, 0.25) is 0 Å². The lowest BCUT2D eigenvalue weighted by atomic mass is 10.2. The highest BCUT2D eigenvalue weighted by molar-refractivity contribution is 5.43. The summed E-state index contributed by atoms with van der Waals surface area (Å²) >= 11 is 0. The van der Waals surface area contributed by atoms with Crippen LogP contribution in [0, 0.1) is 11.6 Å². The van der Waals surface area contributed by atoms with E-state index in [4.69, 9.17) is 9.47 Å². The zero-order valence-electron chi connectivity index (χ0n) is 12.0. The number of ether oxygens (including phenoxy) is 2. The van der Waals surface area contributed by atoms with E-state index in [1.165, 1.54) is 12.1 Å². The van der Waals surface area contributed by atoms with Crippen LogP contribution >= 0.6 is 0 Å². The molecule has 0 aliphatic heterocycles. The van der Waals surface area contributed by atoms with Gasteiger partial charge in [-0.2, -0.15) is 0 Å². The molecule has 2 aromatic rings. The molecule has 1 N–H and O–H groups in total. The highest BCUT2D eigenvalue weighted by Crippen LogP contribution is 2.29. The second-order valence-corrected chi connectivity index (χ2v) is 4.54. The molecule has 0 aliphatic rings. The molecule has 112 valence electrons. The molecule has 0 amide bonds. The molecule has 0 aromatic heterocycles. The maximum Gasteiger partial charge on any atom is 0.161 e. The normalized spacial score (nSPS) is 10.5. The molecule has 2 rings (SSSR count). The number of benzene rings is 2. The molecule has 0 aliphatic carbocycles. The lowest BCUT2D eigenvalue weighted by Gasteiger charge is -2.12. The minimum Gasteiger partial charge on any atom is -0.493 e. The number of methoxy groups -OCH3 is 1. The van der Waals surface area contributed by atoms with Crippen molar-refractivity contribution in [1.29, 1.82) is 0 Å². The van der Waals surface area contributed by atoms with E-state index < -0.39 is 11.6 Å². The SMILES string of the molecule is CNCc1ccc(OCc2ccc(F)cc2F)c(OC)c1. The van der Waals surface area contributed by atoms with Crippen LogP contribution in [0.5, 0.6) is 11.5 Å². The van der Waals surface area contributed by atoms with Gasteiger partial charge in [0.2, 0.25) is 0 Å². The molecule has 5 heteroatoms. The largest absolute Gasteiger partial charge is 0.493 e. The van der Waals surface area contributed by atoms with Gasteiger partial charge in [-0.25, -0.2) is 8.78 Å². The van der Waals surface area contributed by atoms with Crippen molar-refractivity contribution in [3.63, 3.8) is 0 Å². The third-order valence-corrected chi connectivity index (χ3v) is 3.01. The Morgan fingerprint density at radius 2 is 1.86 bits per heavy atom. The molecule has 21 heavy (non-hydrogen) atoms. The Kier molecular flexibility index (Phi) is 5.11. The number of rotatable bonds is 6. The van der Waals surface area contributed by atoms with Crippen LogP contribution in [-0.2, 0) is 13.2 Å². The first-order valence-electron chi connectivity index (χ1n) is 6.52. The standard InChI is InChI=1S/C16H17F2NO2/c1-19-9-11-3-6-15(16(7-11)20-2)21-10-12-4-5-13(17)8-14(12)18/h3-8,19H,9-10H2,1-2H3.